The van der Waals surface area contributed by atoms with Crippen LogP contribution in [0.1, 0.15) is 82.3 Å². The Morgan fingerprint density at radius 3 is 2.84 bits per heavy atom. The molecule has 0 aromatic heterocycles. The molecule has 31 heavy (non-hydrogen) atoms. The van der Waals surface area contributed by atoms with E-state index < -0.39 is 0 Å². The van der Waals surface area contributed by atoms with E-state index in [2.05, 4.69) is 19.1 Å². The van der Waals surface area contributed by atoms with E-state index in [9.17, 15) is 4.79 Å². The summed E-state index contributed by atoms with van der Waals surface area (Å²) in [7, 11) is 1.74. The zero-order chi connectivity index (χ0) is 21.6. The van der Waals surface area contributed by atoms with Crippen molar-refractivity contribution in [3.05, 3.63) is 40.5 Å². The monoisotopic (exact) mass is 426 g/mol. The highest BCUT2D eigenvalue weighted by Crippen LogP contribution is 2.43. The standard InChI is InChI=1S/C27H38O4/c1-3-4-5-10-21(31-27-12-6-7-15-30-27)13-14-22-23-16-19-9-8-11-26(29-2)24(19)17-20(23)18-25(22)28/h8-9,11,20-21,27H,3-7,10,12-18H2,1-2H3. The second-order valence-electron chi connectivity index (χ2n) is 9.40. The first kappa shape index (κ1) is 22.5. The van der Waals surface area contributed by atoms with Crippen LogP contribution in [0.5, 0.6) is 5.75 Å². The lowest BCUT2D eigenvalue weighted by Gasteiger charge is -2.28. The molecule has 1 fully saturated rings. The Morgan fingerprint density at radius 2 is 2.06 bits per heavy atom. The van der Waals surface area contributed by atoms with Crippen LogP contribution in [0.15, 0.2) is 29.3 Å². The molecular weight excluding hydrogens is 388 g/mol. The smallest absolute Gasteiger partial charge is 0.159 e. The van der Waals surface area contributed by atoms with Crippen molar-refractivity contribution in [1.82, 2.24) is 0 Å². The number of rotatable bonds is 10. The number of allylic oxidation sites excluding steroid dienone is 2. The number of unbranched alkanes of at least 4 members (excludes halogenated alkanes) is 2. The summed E-state index contributed by atoms with van der Waals surface area (Å²) in [6.07, 6.45) is 12.4. The van der Waals surface area contributed by atoms with Crippen LogP contribution in [-0.2, 0) is 27.1 Å². The molecule has 1 aromatic rings. The van der Waals surface area contributed by atoms with Crippen molar-refractivity contribution in [2.75, 3.05) is 13.7 Å². The number of benzene rings is 1. The molecule has 1 heterocycles. The highest BCUT2D eigenvalue weighted by Gasteiger charge is 2.36. The van der Waals surface area contributed by atoms with Crippen LogP contribution in [0.25, 0.3) is 0 Å². The highest BCUT2D eigenvalue weighted by molar-refractivity contribution is 5.99. The van der Waals surface area contributed by atoms with Crippen LogP contribution in [-0.4, -0.2) is 31.9 Å². The number of fused-ring (bicyclic) bond motifs is 2. The summed E-state index contributed by atoms with van der Waals surface area (Å²) in [4.78, 5) is 13.0. The van der Waals surface area contributed by atoms with E-state index in [0.717, 1.165) is 62.9 Å². The number of Topliss-reactive ketones (excluding diaryl/α,β-unsaturated/α-hetero) is 1. The first-order valence-corrected chi connectivity index (χ1v) is 12.4. The van der Waals surface area contributed by atoms with Gasteiger partial charge in [0.1, 0.15) is 5.75 Å². The number of hydrogen-bond donors (Lipinski definition) is 0. The molecule has 0 amide bonds. The van der Waals surface area contributed by atoms with E-state index in [4.69, 9.17) is 14.2 Å². The quantitative estimate of drug-likeness (QED) is 0.434. The summed E-state index contributed by atoms with van der Waals surface area (Å²) in [5, 5.41) is 0. The molecule has 0 bridgehead atoms. The van der Waals surface area contributed by atoms with Gasteiger partial charge in [-0.25, -0.2) is 0 Å². The maximum atomic E-state index is 13.0. The average molecular weight is 427 g/mol. The SMILES string of the molecule is CCCCCC(CCC1=C2Cc3cccc(OC)c3CC2CC1=O)OC1CCCCO1. The Labute approximate surface area is 187 Å². The van der Waals surface area contributed by atoms with E-state index in [0.29, 0.717) is 18.1 Å². The summed E-state index contributed by atoms with van der Waals surface area (Å²) < 4.78 is 17.8. The van der Waals surface area contributed by atoms with Gasteiger partial charge >= 0.3 is 0 Å². The van der Waals surface area contributed by atoms with Gasteiger partial charge in [-0.05, 0) is 80.1 Å². The van der Waals surface area contributed by atoms with Crippen LogP contribution >= 0.6 is 0 Å². The third-order valence-electron chi connectivity index (χ3n) is 7.26. The maximum absolute atomic E-state index is 13.0. The summed E-state index contributed by atoms with van der Waals surface area (Å²) in [5.74, 6) is 1.68. The molecule has 1 aromatic carbocycles. The fraction of sp³-hybridized carbons (Fsp3) is 0.667. The molecule has 0 radical (unpaired) electrons. The minimum Gasteiger partial charge on any atom is -0.496 e. The van der Waals surface area contributed by atoms with Crippen molar-refractivity contribution in [2.24, 2.45) is 5.92 Å². The molecule has 0 N–H and O–H groups in total. The molecule has 3 aliphatic rings. The molecule has 4 heteroatoms. The number of methoxy groups -OCH3 is 1. The minimum absolute atomic E-state index is 0.0564. The molecule has 2 aliphatic carbocycles. The van der Waals surface area contributed by atoms with Crippen molar-refractivity contribution >= 4 is 5.78 Å². The first-order valence-electron chi connectivity index (χ1n) is 12.4. The second-order valence-corrected chi connectivity index (χ2v) is 9.40. The fourth-order valence-corrected chi connectivity index (χ4v) is 5.53. The van der Waals surface area contributed by atoms with E-state index in [1.54, 1.807) is 7.11 Å². The summed E-state index contributed by atoms with van der Waals surface area (Å²) >= 11 is 0. The topological polar surface area (TPSA) is 44.8 Å². The first-order chi connectivity index (χ1) is 15.2. The van der Waals surface area contributed by atoms with Gasteiger partial charge in [0.05, 0.1) is 13.2 Å². The molecule has 4 nitrogen and oxygen atoms in total. The van der Waals surface area contributed by atoms with Gasteiger partial charge in [0.25, 0.3) is 0 Å². The Bertz CT molecular complexity index is 790. The van der Waals surface area contributed by atoms with Crippen molar-refractivity contribution in [1.29, 1.82) is 0 Å². The summed E-state index contributed by atoms with van der Waals surface area (Å²) in [5.41, 5.74) is 5.09. The molecular formula is C27H38O4. The number of hydrogen-bond acceptors (Lipinski definition) is 4. The van der Waals surface area contributed by atoms with E-state index in [1.165, 1.54) is 42.4 Å². The van der Waals surface area contributed by atoms with Crippen molar-refractivity contribution in [3.63, 3.8) is 0 Å². The number of carbonyl (C=O) groups is 1. The highest BCUT2D eigenvalue weighted by atomic mass is 16.7. The predicted octanol–water partition coefficient (Wildman–Crippen LogP) is 5.95. The number of ether oxygens (including phenoxy) is 3. The van der Waals surface area contributed by atoms with Gasteiger partial charge in [-0.3, -0.25) is 4.79 Å². The van der Waals surface area contributed by atoms with Crippen LogP contribution in [0.4, 0.5) is 0 Å². The molecule has 3 atom stereocenters. The van der Waals surface area contributed by atoms with Gasteiger partial charge in [-0.15, -0.1) is 0 Å². The molecule has 1 saturated heterocycles. The number of ketones is 1. The largest absolute Gasteiger partial charge is 0.496 e. The lowest BCUT2D eigenvalue weighted by atomic mass is 9.80. The maximum Gasteiger partial charge on any atom is 0.159 e. The fourth-order valence-electron chi connectivity index (χ4n) is 5.53. The lowest BCUT2D eigenvalue weighted by Crippen LogP contribution is -2.28. The van der Waals surface area contributed by atoms with Crippen molar-refractivity contribution < 1.29 is 19.0 Å². The summed E-state index contributed by atoms with van der Waals surface area (Å²) in [6.45, 7) is 3.05. The van der Waals surface area contributed by atoms with Crippen molar-refractivity contribution in [2.45, 2.75) is 96.4 Å². The summed E-state index contributed by atoms with van der Waals surface area (Å²) in [6, 6.07) is 6.30. The van der Waals surface area contributed by atoms with Crippen LogP contribution in [0.2, 0.25) is 0 Å². The van der Waals surface area contributed by atoms with Gasteiger partial charge in [0.2, 0.25) is 0 Å². The Morgan fingerprint density at radius 1 is 1.16 bits per heavy atom. The zero-order valence-corrected chi connectivity index (χ0v) is 19.3. The Hall–Kier alpha value is -1.65. The minimum atomic E-state index is -0.0564. The molecule has 0 spiro atoms. The van der Waals surface area contributed by atoms with Gasteiger partial charge in [0, 0.05) is 13.0 Å². The van der Waals surface area contributed by atoms with Gasteiger partial charge in [-0.2, -0.15) is 0 Å². The van der Waals surface area contributed by atoms with E-state index >= 15 is 0 Å². The van der Waals surface area contributed by atoms with Crippen LogP contribution in [0.3, 0.4) is 0 Å². The third-order valence-corrected chi connectivity index (χ3v) is 7.26. The third kappa shape index (κ3) is 5.40. The van der Waals surface area contributed by atoms with Crippen LogP contribution in [0, 0.1) is 5.92 Å². The van der Waals surface area contributed by atoms with Crippen LogP contribution < -0.4 is 4.74 Å². The lowest BCUT2D eigenvalue weighted by molar-refractivity contribution is -0.190. The molecule has 1 aliphatic heterocycles. The normalized spacial score (nSPS) is 24.1. The van der Waals surface area contributed by atoms with Gasteiger partial charge in [0.15, 0.2) is 12.1 Å². The molecule has 0 saturated carbocycles. The number of carbonyl (C=O) groups excluding carboxylic acids is 1. The van der Waals surface area contributed by atoms with E-state index in [-0.39, 0.29) is 12.4 Å². The van der Waals surface area contributed by atoms with Crippen molar-refractivity contribution in [3.8, 4) is 5.75 Å². The Balaban J connectivity index is 1.44. The average Bonchev–Trinajstić information content (AvgIpc) is 3.10. The van der Waals surface area contributed by atoms with Gasteiger partial charge < -0.3 is 14.2 Å². The van der Waals surface area contributed by atoms with Gasteiger partial charge in [-0.1, -0.05) is 43.9 Å². The van der Waals surface area contributed by atoms with E-state index in [1.807, 2.05) is 6.07 Å². The second kappa shape index (κ2) is 10.8. The zero-order valence-electron chi connectivity index (χ0n) is 19.3. The molecule has 4 rings (SSSR count). The molecule has 3 unspecified atom stereocenters. The predicted molar refractivity (Wildman–Crippen MR) is 122 cm³/mol. The molecule has 170 valence electrons. The Kier molecular flexibility index (Phi) is 7.84.